The molecule has 0 bridgehead atoms. The minimum atomic E-state index is -3.34. The summed E-state index contributed by atoms with van der Waals surface area (Å²) in [7, 11) is -3.34. The molecule has 0 fully saturated rings. The van der Waals surface area contributed by atoms with E-state index in [1.807, 2.05) is 30.3 Å². The maximum atomic E-state index is 12.4. The molecule has 1 atom stereocenters. The molecular weight excluding hydrogens is 392 g/mol. The minimum absolute atomic E-state index is 0.0310. The molecule has 154 valence electrons. The van der Waals surface area contributed by atoms with Crippen molar-refractivity contribution < 1.29 is 22.7 Å². The summed E-state index contributed by atoms with van der Waals surface area (Å²) >= 11 is 0. The maximum absolute atomic E-state index is 12.4. The Morgan fingerprint density at radius 2 is 1.72 bits per heavy atom. The minimum Gasteiger partial charge on any atom is -0.466 e. The van der Waals surface area contributed by atoms with Crippen LogP contribution in [0.1, 0.15) is 30.5 Å². The number of anilines is 1. The lowest BCUT2D eigenvalue weighted by molar-refractivity contribution is -0.143. The fourth-order valence-corrected chi connectivity index (χ4v) is 3.16. The van der Waals surface area contributed by atoms with Crippen LogP contribution in [-0.2, 0) is 24.3 Å². The zero-order chi connectivity index (χ0) is 21.3. The molecule has 0 aliphatic carbocycles. The highest BCUT2D eigenvalue weighted by Crippen LogP contribution is 2.17. The lowest BCUT2D eigenvalue weighted by atomic mass is 10.0. The van der Waals surface area contributed by atoms with E-state index in [0.29, 0.717) is 5.69 Å². The van der Waals surface area contributed by atoms with Crippen LogP contribution in [0.25, 0.3) is 6.08 Å². The number of esters is 1. The SMILES string of the molecule is CCOC(=O)CC(NC(=O)/C=C/c1ccc(NS(C)(=O)=O)cc1)c1ccccc1. The van der Waals surface area contributed by atoms with Gasteiger partial charge in [-0.15, -0.1) is 0 Å². The fourth-order valence-electron chi connectivity index (χ4n) is 2.59. The van der Waals surface area contributed by atoms with Gasteiger partial charge in [-0.25, -0.2) is 8.42 Å². The fraction of sp³-hybridized carbons (Fsp3) is 0.238. The summed E-state index contributed by atoms with van der Waals surface area (Å²) in [5.74, 6) is -0.749. The van der Waals surface area contributed by atoms with Crippen molar-refractivity contribution in [1.29, 1.82) is 0 Å². The molecule has 0 saturated heterocycles. The van der Waals surface area contributed by atoms with Crippen LogP contribution in [0, 0.1) is 0 Å². The molecule has 0 spiro atoms. The van der Waals surface area contributed by atoms with E-state index in [-0.39, 0.29) is 24.9 Å². The van der Waals surface area contributed by atoms with Crippen LogP contribution in [0.5, 0.6) is 0 Å². The van der Waals surface area contributed by atoms with E-state index in [9.17, 15) is 18.0 Å². The van der Waals surface area contributed by atoms with Gasteiger partial charge >= 0.3 is 5.97 Å². The summed E-state index contributed by atoms with van der Waals surface area (Å²) in [5, 5.41) is 2.82. The molecule has 0 aliphatic rings. The van der Waals surface area contributed by atoms with Gasteiger partial charge in [0.25, 0.3) is 0 Å². The van der Waals surface area contributed by atoms with Crippen LogP contribution >= 0.6 is 0 Å². The molecule has 2 aromatic rings. The highest BCUT2D eigenvalue weighted by atomic mass is 32.2. The Labute approximate surface area is 170 Å². The molecule has 1 amide bonds. The second-order valence-electron chi connectivity index (χ2n) is 6.31. The van der Waals surface area contributed by atoms with Crippen LogP contribution in [0.2, 0.25) is 0 Å². The Kier molecular flexibility index (Phi) is 7.97. The molecule has 0 aromatic heterocycles. The molecule has 0 aliphatic heterocycles. The molecule has 2 N–H and O–H groups in total. The van der Waals surface area contributed by atoms with Crippen molar-refractivity contribution in [3.63, 3.8) is 0 Å². The number of carbonyl (C=O) groups is 2. The number of hydrogen-bond donors (Lipinski definition) is 2. The van der Waals surface area contributed by atoms with Crippen LogP contribution in [-0.4, -0.2) is 33.2 Å². The van der Waals surface area contributed by atoms with Gasteiger partial charge in [0.1, 0.15) is 0 Å². The van der Waals surface area contributed by atoms with Crippen molar-refractivity contribution in [3.05, 3.63) is 71.8 Å². The van der Waals surface area contributed by atoms with Crippen molar-refractivity contribution in [2.45, 2.75) is 19.4 Å². The van der Waals surface area contributed by atoms with Crippen LogP contribution in [0.3, 0.4) is 0 Å². The normalized spacial score (nSPS) is 12.3. The number of rotatable bonds is 9. The van der Waals surface area contributed by atoms with Gasteiger partial charge in [-0.05, 0) is 36.3 Å². The predicted molar refractivity (Wildman–Crippen MR) is 113 cm³/mol. The summed E-state index contributed by atoms with van der Waals surface area (Å²) in [6.45, 7) is 2.01. The molecule has 2 rings (SSSR count). The van der Waals surface area contributed by atoms with Gasteiger partial charge in [-0.2, -0.15) is 0 Å². The van der Waals surface area contributed by atoms with Gasteiger partial charge in [0, 0.05) is 11.8 Å². The lowest BCUT2D eigenvalue weighted by Crippen LogP contribution is -2.29. The summed E-state index contributed by atoms with van der Waals surface area (Å²) < 4.78 is 29.8. The number of hydrogen-bond acceptors (Lipinski definition) is 5. The van der Waals surface area contributed by atoms with E-state index in [1.54, 1.807) is 37.3 Å². The van der Waals surface area contributed by atoms with Gasteiger partial charge in [0.05, 0.1) is 25.3 Å². The van der Waals surface area contributed by atoms with Crippen molar-refractivity contribution in [2.75, 3.05) is 17.6 Å². The largest absolute Gasteiger partial charge is 0.466 e. The monoisotopic (exact) mass is 416 g/mol. The molecule has 0 saturated carbocycles. The Balaban J connectivity index is 2.04. The van der Waals surface area contributed by atoms with Gasteiger partial charge < -0.3 is 10.1 Å². The number of carbonyl (C=O) groups excluding carboxylic acids is 2. The van der Waals surface area contributed by atoms with Crippen molar-refractivity contribution in [3.8, 4) is 0 Å². The number of amides is 1. The van der Waals surface area contributed by atoms with E-state index in [2.05, 4.69) is 10.0 Å². The first kappa shape index (κ1) is 22.2. The maximum Gasteiger partial charge on any atom is 0.308 e. The molecule has 2 aromatic carbocycles. The molecular formula is C21H24N2O5S. The molecule has 29 heavy (non-hydrogen) atoms. The van der Waals surface area contributed by atoms with E-state index in [1.165, 1.54) is 6.08 Å². The van der Waals surface area contributed by atoms with Gasteiger partial charge in [-0.1, -0.05) is 42.5 Å². The van der Waals surface area contributed by atoms with Gasteiger partial charge in [-0.3, -0.25) is 14.3 Å². The second kappa shape index (κ2) is 10.4. The van der Waals surface area contributed by atoms with E-state index in [4.69, 9.17) is 4.74 Å². The molecule has 0 heterocycles. The van der Waals surface area contributed by atoms with E-state index >= 15 is 0 Å². The zero-order valence-corrected chi connectivity index (χ0v) is 17.1. The summed E-state index contributed by atoms with van der Waals surface area (Å²) in [6, 6.07) is 15.3. The van der Waals surface area contributed by atoms with Gasteiger partial charge in [0.2, 0.25) is 15.9 Å². The second-order valence-corrected chi connectivity index (χ2v) is 8.06. The smallest absolute Gasteiger partial charge is 0.308 e. The first-order chi connectivity index (χ1) is 13.8. The molecule has 7 nitrogen and oxygen atoms in total. The van der Waals surface area contributed by atoms with E-state index < -0.39 is 16.1 Å². The third-order valence-corrected chi connectivity index (χ3v) is 4.44. The first-order valence-corrected chi connectivity index (χ1v) is 10.9. The Hall–Kier alpha value is -3.13. The quantitative estimate of drug-likeness (QED) is 0.483. The molecule has 1 unspecified atom stereocenters. The van der Waals surface area contributed by atoms with E-state index in [0.717, 1.165) is 17.4 Å². The Bertz CT molecular complexity index is 954. The van der Waals surface area contributed by atoms with Crippen molar-refractivity contribution in [2.24, 2.45) is 0 Å². The third kappa shape index (κ3) is 8.18. The Morgan fingerprint density at radius 1 is 1.07 bits per heavy atom. The summed E-state index contributed by atoms with van der Waals surface area (Å²) in [5.41, 5.74) is 1.96. The standard InChI is InChI=1S/C21H24N2O5S/c1-3-28-21(25)15-19(17-7-5-4-6-8-17)22-20(24)14-11-16-9-12-18(13-10-16)23-29(2,26)27/h4-14,19,23H,3,15H2,1-2H3,(H,22,24)/b14-11+. The summed E-state index contributed by atoms with van der Waals surface area (Å²) in [4.78, 5) is 24.2. The average Bonchev–Trinajstić information content (AvgIpc) is 2.67. The average molecular weight is 416 g/mol. The highest BCUT2D eigenvalue weighted by molar-refractivity contribution is 7.92. The zero-order valence-electron chi connectivity index (χ0n) is 16.3. The van der Waals surface area contributed by atoms with Crippen LogP contribution in [0.15, 0.2) is 60.7 Å². The number of sulfonamides is 1. The van der Waals surface area contributed by atoms with Crippen molar-refractivity contribution >= 4 is 33.7 Å². The van der Waals surface area contributed by atoms with Gasteiger partial charge in [0.15, 0.2) is 0 Å². The topological polar surface area (TPSA) is 102 Å². The third-order valence-electron chi connectivity index (χ3n) is 3.84. The first-order valence-electron chi connectivity index (χ1n) is 9.04. The highest BCUT2D eigenvalue weighted by Gasteiger charge is 2.18. The Morgan fingerprint density at radius 3 is 2.31 bits per heavy atom. The molecule has 8 heteroatoms. The summed E-state index contributed by atoms with van der Waals surface area (Å²) in [6.07, 6.45) is 4.07. The molecule has 0 radical (unpaired) electrons. The van der Waals surface area contributed by atoms with Crippen LogP contribution in [0.4, 0.5) is 5.69 Å². The van der Waals surface area contributed by atoms with Crippen molar-refractivity contribution in [1.82, 2.24) is 5.32 Å². The number of ether oxygens (including phenoxy) is 1. The number of nitrogens with one attached hydrogen (secondary N) is 2. The number of benzene rings is 2. The van der Waals surface area contributed by atoms with Crippen LogP contribution < -0.4 is 10.0 Å². The lowest BCUT2D eigenvalue weighted by Gasteiger charge is -2.17. The predicted octanol–water partition coefficient (Wildman–Crippen LogP) is 2.88.